The van der Waals surface area contributed by atoms with Crippen LogP contribution < -0.4 is 0 Å². The fraction of sp³-hybridized carbons (Fsp3) is 0.0244. The minimum Gasteiger partial charge on any atom is -0.280 e. The van der Waals surface area contributed by atoms with Crippen molar-refractivity contribution >= 4 is 44.1 Å². The topological polar surface area (TPSA) is 30.2 Å². The number of hydrogen-bond acceptors (Lipinski definition) is 2. The Kier molecular flexibility index (Phi) is 5.57. The molecule has 0 fully saturated rings. The number of benzene rings is 7. The average Bonchev–Trinajstić information content (AvgIpc) is 3.36. The van der Waals surface area contributed by atoms with E-state index in [-0.39, 0.29) is 0 Å². The van der Waals surface area contributed by atoms with Crippen molar-refractivity contribution in [3.8, 4) is 22.3 Å². The summed E-state index contributed by atoms with van der Waals surface area (Å²) in [5, 5.41) is 4.93. The molecule has 8 aromatic rings. The van der Waals surface area contributed by atoms with Gasteiger partial charge in [0.05, 0.1) is 16.7 Å². The van der Waals surface area contributed by atoms with Gasteiger partial charge in [0.2, 0.25) is 0 Å². The summed E-state index contributed by atoms with van der Waals surface area (Å²) in [6.07, 6.45) is 0.714. The van der Waals surface area contributed by atoms with Crippen LogP contribution in [0.4, 0.5) is 5.69 Å². The van der Waals surface area contributed by atoms with Crippen molar-refractivity contribution in [3.05, 3.63) is 169 Å². The number of aliphatic imine (C=N–C) groups is 1. The molecule has 7 aromatic carbocycles. The molecule has 0 saturated carbocycles. The van der Waals surface area contributed by atoms with E-state index < -0.39 is 0 Å². The van der Waals surface area contributed by atoms with E-state index in [2.05, 4.69) is 150 Å². The molecular weight excluding hydrogens is 534 g/mol. The van der Waals surface area contributed by atoms with Crippen LogP contribution in [-0.4, -0.2) is 15.4 Å². The number of nitrogens with zero attached hydrogens (tertiary/aromatic N) is 3. The van der Waals surface area contributed by atoms with Gasteiger partial charge < -0.3 is 0 Å². The van der Waals surface area contributed by atoms with E-state index in [1.165, 1.54) is 43.8 Å². The molecule has 0 amide bonds. The third-order valence-electron chi connectivity index (χ3n) is 8.81. The Morgan fingerprint density at radius 2 is 1.00 bits per heavy atom. The van der Waals surface area contributed by atoms with Gasteiger partial charge in [-0.25, -0.2) is 9.98 Å². The molecule has 0 saturated heterocycles. The molecule has 9 rings (SSSR count). The summed E-state index contributed by atoms with van der Waals surface area (Å²) in [5.41, 5.74) is 10.1. The van der Waals surface area contributed by atoms with Gasteiger partial charge in [0.1, 0.15) is 11.7 Å². The zero-order chi connectivity index (χ0) is 29.0. The second-order valence-electron chi connectivity index (χ2n) is 11.5. The Labute approximate surface area is 255 Å². The predicted molar refractivity (Wildman–Crippen MR) is 183 cm³/mol. The molecule has 2 heterocycles. The van der Waals surface area contributed by atoms with Crippen molar-refractivity contribution in [2.45, 2.75) is 6.42 Å². The molecule has 0 unspecified atom stereocenters. The maximum atomic E-state index is 5.40. The van der Waals surface area contributed by atoms with E-state index in [1.807, 2.05) is 6.07 Å². The van der Waals surface area contributed by atoms with Crippen molar-refractivity contribution in [2.24, 2.45) is 4.99 Å². The second kappa shape index (κ2) is 9.89. The number of hydrogen-bond donors (Lipinski definition) is 0. The molecule has 1 aliphatic rings. The molecule has 1 aromatic heterocycles. The van der Waals surface area contributed by atoms with Gasteiger partial charge in [0, 0.05) is 12.0 Å². The third-order valence-corrected chi connectivity index (χ3v) is 8.81. The maximum absolute atomic E-state index is 5.40. The highest BCUT2D eigenvalue weighted by atomic mass is 15.1. The lowest BCUT2D eigenvalue weighted by atomic mass is 9.97. The number of fused-ring (bicyclic) bond motifs is 6. The van der Waals surface area contributed by atoms with Gasteiger partial charge in [0.25, 0.3) is 0 Å². The van der Waals surface area contributed by atoms with E-state index >= 15 is 0 Å². The Hall–Kier alpha value is -5.80. The van der Waals surface area contributed by atoms with Crippen LogP contribution in [0.1, 0.15) is 17.0 Å². The fourth-order valence-electron chi connectivity index (χ4n) is 6.51. The number of rotatable bonds is 3. The summed E-state index contributed by atoms with van der Waals surface area (Å²) in [6, 6.07) is 54.2. The van der Waals surface area contributed by atoms with Gasteiger partial charge in [-0.15, -0.1) is 0 Å². The maximum Gasteiger partial charge on any atom is 0.146 e. The van der Waals surface area contributed by atoms with Crippen LogP contribution in [-0.2, 0) is 6.42 Å². The molecule has 0 bridgehead atoms. The summed E-state index contributed by atoms with van der Waals surface area (Å²) < 4.78 is 2.25. The zero-order valence-corrected chi connectivity index (χ0v) is 24.0. The van der Waals surface area contributed by atoms with Crippen LogP contribution in [0.2, 0.25) is 0 Å². The molecule has 44 heavy (non-hydrogen) atoms. The Morgan fingerprint density at radius 3 is 1.73 bits per heavy atom. The van der Waals surface area contributed by atoms with E-state index in [9.17, 15) is 0 Å². The normalized spacial score (nSPS) is 12.6. The summed E-state index contributed by atoms with van der Waals surface area (Å²) in [7, 11) is 0. The van der Waals surface area contributed by atoms with Gasteiger partial charge in [-0.1, -0.05) is 121 Å². The highest BCUT2D eigenvalue weighted by Crippen LogP contribution is 2.35. The van der Waals surface area contributed by atoms with Crippen LogP contribution in [0, 0.1) is 0 Å². The first-order valence-corrected chi connectivity index (χ1v) is 15.0. The number of para-hydroxylation sites is 2. The highest BCUT2D eigenvalue weighted by molar-refractivity contribution is 6.09. The Bertz CT molecular complexity index is 2410. The first-order valence-electron chi connectivity index (χ1n) is 15.0. The van der Waals surface area contributed by atoms with Gasteiger partial charge >= 0.3 is 0 Å². The first-order chi connectivity index (χ1) is 21.8. The molecule has 3 nitrogen and oxygen atoms in total. The molecule has 1 aliphatic heterocycles. The lowest BCUT2D eigenvalue weighted by Crippen LogP contribution is -2.15. The average molecular weight is 562 g/mol. The van der Waals surface area contributed by atoms with Crippen molar-refractivity contribution in [3.63, 3.8) is 0 Å². The summed E-state index contributed by atoms with van der Waals surface area (Å²) in [5.74, 6) is 1.91. The molecule has 0 radical (unpaired) electrons. The van der Waals surface area contributed by atoms with Crippen LogP contribution in [0.3, 0.4) is 0 Å². The molecule has 0 spiro atoms. The standard InChI is InChI=1S/C41H27N3/c1-3-9-31-23-33(19-17-27(31)7-1)29-13-15-30(16-14-29)34-20-21-35-26-40-42-37-11-5-6-12-39(37)44(40)41(43-38(35)25-34)36-22-18-28-8-2-4-10-32(28)24-36/h1-25H,26H2. The molecule has 0 atom stereocenters. The van der Waals surface area contributed by atoms with Crippen LogP contribution >= 0.6 is 0 Å². The number of imidazole rings is 1. The van der Waals surface area contributed by atoms with Crippen molar-refractivity contribution < 1.29 is 0 Å². The monoisotopic (exact) mass is 561 g/mol. The largest absolute Gasteiger partial charge is 0.280 e. The van der Waals surface area contributed by atoms with Crippen LogP contribution in [0.15, 0.2) is 157 Å². The molecule has 3 heteroatoms. The molecule has 206 valence electrons. The second-order valence-corrected chi connectivity index (χ2v) is 11.5. The lowest BCUT2D eigenvalue weighted by molar-refractivity contribution is 0.982. The number of aromatic nitrogens is 2. The lowest BCUT2D eigenvalue weighted by Gasteiger charge is -2.12. The van der Waals surface area contributed by atoms with Crippen molar-refractivity contribution in [2.75, 3.05) is 0 Å². The summed E-state index contributed by atoms with van der Waals surface area (Å²) in [4.78, 5) is 10.5. The van der Waals surface area contributed by atoms with Crippen LogP contribution in [0.5, 0.6) is 0 Å². The van der Waals surface area contributed by atoms with Gasteiger partial charge in [-0.2, -0.15) is 0 Å². The highest BCUT2D eigenvalue weighted by Gasteiger charge is 2.22. The van der Waals surface area contributed by atoms with E-state index in [1.54, 1.807) is 0 Å². The van der Waals surface area contributed by atoms with Gasteiger partial charge in [-0.3, -0.25) is 4.57 Å². The van der Waals surface area contributed by atoms with Crippen molar-refractivity contribution in [1.29, 1.82) is 0 Å². The zero-order valence-electron chi connectivity index (χ0n) is 24.0. The SMILES string of the molecule is c1ccc2cc(C3=Nc4cc(-c5ccc(-c6ccc7ccccc7c6)cc5)ccc4Cc4nc5ccccc5n43)ccc2c1. The third kappa shape index (κ3) is 4.13. The van der Waals surface area contributed by atoms with Crippen molar-refractivity contribution in [1.82, 2.24) is 9.55 Å². The van der Waals surface area contributed by atoms with Gasteiger partial charge in [0.15, 0.2) is 0 Å². The summed E-state index contributed by atoms with van der Waals surface area (Å²) in [6.45, 7) is 0. The Balaban J connectivity index is 1.15. The smallest absolute Gasteiger partial charge is 0.146 e. The van der Waals surface area contributed by atoms with E-state index in [0.717, 1.165) is 39.5 Å². The fourth-order valence-corrected chi connectivity index (χ4v) is 6.51. The quantitative estimate of drug-likeness (QED) is 0.211. The van der Waals surface area contributed by atoms with Crippen LogP contribution in [0.25, 0.3) is 54.8 Å². The first kappa shape index (κ1) is 24.8. The van der Waals surface area contributed by atoms with E-state index in [0.29, 0.717) is 6.42 Å². The molecular formula is C41H27N3. The predicted octanol–water partition coefficient (Wildman–Crippen LogP) is 10.2. The Morgan fingerprint density at radius 1 is 0.455 bits per heavy atom. The minimum atomic E-state index is 0.714. The molecule has 0 aliphatic carbocycles. The van der Waals surface area contributed by atoms with Gasteiger partial charge in [-0.05, 0) is 79.7 Å². The van der Waals surface area contributed by atoms with E-state index in [4.69, 9.17) is 9.98 Å². The minimum absolute atomic E-state index is 0.714. The molecule has 0 N–H and O–H groups in total. The summed E-state index contributed by atoms with van der Waals surface area (Å²) >= 11 is 0.